The van der Waals surface area contributed by atoms with Crippen molar-refractivity contribution >= 4 is 11.6 Å². The molecule has 5 heteroatoms. The molecule has 0 amide bonds. The molecule has 1 N–H and O–H groups in total. The van der Waals surface area contributed by atoms with Crippen LogP contribution in [0.25, 0.3) is 5.78 Å². The van der Waals surface area contributed by atoms with E-state index in [1.54, 1.807) is 4.52 Å². The molecule has 2 aromatic rings. The van der Waals surface area contributed by atoms with Gasteiger partial charge >= 0.3 is 0 Å². The highest BCUT2D eigenvalue weighted by molar-refractivity contribution is 5.54. The number of aryl methyl sites for hydroxylation is 1. The molecule has 0 fully saturated rings. The van der Waals surface area contributed by atoms with Crippen LogP contribution in [0.5, 0.6) is 0 Å². The van der Waals surface area contributed by atoms with Crippen LogP contribution in [0.1, 0.15) is 17.7 Å². The van der Waals surface area contributed by atoms with Gasteiger partial charge in [-0.3, -0.25) is 0 Å². The van der Waals surface area contributed by atoms with E-state index in [1.165, 1.54) is 11.9 Å². The lowest BCUT2D eigenvalue weighted by molar-refractivity contribution is 0.900. The molecule has 2 aromatic heterocycles. The SMILES string of the molecule is C#CCNc1c2c(nc3ncnn13)CCC2. The molecule has 1 aliphatic carbocycles. The van der Waals surface area contributed by atoms with E-state index in [0.717, 1.165) is 30.8 Å². The molecule has 0 unspecified atom stereocenters. The lowest BCUT2D eigenvalue weighted by Gasteiger charge is -2.10. The van der Waals surface area contributed by atoms with Crippen molar-refractivity contribution in [3.63, 3.8) is 0 Å². The van der Waals surface area contributed by atoms with Crippen molar-refractivity contribution in [2.24, 2.45) is 0 Å². The summed E-state index contributed by atoms with van der Waals surface area (Å²) >= 11 is 0. The smallest absolute Gasteiger partial charge is 0.254 e. The molecule has 1 aliphatic rings. The minimum atomic E-state index is 0.491. The Hall–Kier alpha value is -2.09. The van der Waals surface area contributed by atoms with Gasteiger partial charge in [0.2, 0.25) is 0 Å². The lowest BCUT2D eigenvalue weighted by Crippen LogP contribution is -2.10. The highest BCUT2D eigenvalue weighted by Gasteiger charge is 2.20. The fourth-order valence-corrected chi connectivity index (χ4v) is 2.14. The summed E-state index contributed by atoms with van der Waals surface area (Å²) in [4.78, 5) is 8.60. The van der Waals surface area contributed by atoms with Crippen LogP contribution in [0.4, 0.5) is 5.82 Å². The molecular weight excluding hydrogens is 202 g/mol. The van der Waals surface area contributed by atoms with Crippen LogP contribution in [0.15, 0.2) is 6.33 Å². The van der Waals surface area contributed by atoms with E-state index in [-0.39, 0.29) is 0 Å². The van der Waals surface area contributed by atoms with E-state index >= 15 is 0 Å². The first-order valence-corrected chi connectivity index (χ1v) is 5.29. The Morgan fingerprint density at radius 1 is 1.50 bits per heavy atom. The molecule has 2 heterocycles. The predicted molar refractivity (Wildman–Crippen MR) is 60.1 cm³/mol. The number of nitrogens with zero attached hydrogens (tertiary/aromatic N) is 4. The summed E-state index contributed by atoms with van der Waals surface area (Å²) < 4.78 is 1.72. The Balaban J connectivity index is 2.21. The van der Waals surface area contributed by atoms with Gasteiger partial charge in [0, 0.05) is 5.56 Å². The number of fused-ring (bicyclic) bond motifs is 2. The van der Waals surface area contributed by atoms with Gasteiger partial charge in [-0.05, 0) is 19.3 Å². The third-order valence-corrected chi connectivity index (χ3v) is 2.81. The number of nitrogens with one attached hydrogen (secondary N) is 1. The van der Waals surface area contributed by atoms with Gasteiger partial charge in [0.15, 0.2) is 0 Å². The fourth-order valence-electron chi connectivity index (χ4n) is 2.14. The second kappa shape index (κ2) is 3.49. The summed E-state index contributed by atoms with van der Waals surface area (Å²) in [5, 5.41) is 7.37. The number of aromatic nitrogens is 4. The molecule has 0 spiro atoms. The molecule has 0 bridgehead atoms. The van der Waals surface area contributed by atoms with Gasteiger partial charge in [0.05, 0.1) is 12.2 Å². The Kier molecular flexibility index (Phi) is 2.00. The molecular formula is C11H11N5. The van der Waals surface area contributed by atoms with Crippen LogP contribution in [0, 0.1) is 12.3 Å². The van der Waals surface area contributed by atoms with Crippen molar-refractivity contribution in [3.8, 4) is 12.3 Å². The molecule has 3 rings (SSSR count). The molecule has 0 atom stereocenters. The highest BCUT2D eigenvalue weighted by Crippen LogP contribution is 2.27. The zero-order chi connectivity index (χ0) is 11.0. The second-order valence-corrected chi connectivity index (χ2v) is 3.77. The van der Waals surface area contributed by atoms with Crippen molar-refractivity contribution in [2.45, 2.75) is 19.3 Å². The fraction of sp³-hybridized carbons (Fsp3) is 0.364. The van der Waals surface area contributed by atoms with E-state index in [9.17, 15) is 0 Å². The third kappa shape index (κ3) is 1.23. The summed E-state index contributed by atoms with van der Waals surface area (Å²) in [6.45, 7) is 0.491. The van der Waals surface area contributed by atoms with Crippen LogP contribution < -0.4 is 5.32 Å². The second-order valence-electron chi connectivity index (χ2n) is 3.77. The van der Waals surface area contributed by atoms with Gasteiger partial charge < -0.3 is 5.32 Å². The molecule has 16 heavy (non-hydrogen) atoms. The first-order valence-electron chi connectivity index (χ1n) is 5.29. The van der Waals surface area contributed by atoms with E-state index in [0.29, 0.717) is 12.3 Å². The molecule has 0 saturated carbocycles. The van der Waals surface area contributed by atoms with Gasteiger partial charge in [0.25, 0.3) is 5.78 Å². The molecule has 5 nitrogen and oxygen atoms in total. The topological polar surface area (TPSA) is 55.1 Å². The number of anilines is 1. The van der Waals surface area contributed by atoms with Crippen molar-refractivity contribution in [1.82, 2.24) is 19.6 Å². The first-order chi connectivity index (χ1) is 7.90. The van der Waals surface area contributed by atoms with Gasteiger partial charge in [-0.15, -0.1) is 6.42 Å². The van der Waals surface area contributed by atoms with Crippen molar-refractivity contribution < 1.29 is 0 Å². The van der Waals surface area contributed by atoms with E-state index < -0.39 is 0 Å². The van der Waals surface area contributed by atoms with Gasteiger partial charge in [-0.2, -0.15) is 14.6 Å². The Bertz CT molecular complexity index is 578. The minimum Gasteiger partial charge on any atom is -0.359 e. The van der Waals surface area contributed by atoms with Gasteiger partial charge in [-0.1, -0.05) is 5.92 Å². The van der Waals surface area contributed by atoms with Crippen molar-refractivity contribution in [3.05, 3.63) is 17.6 Å². The van der Waals surface area contributed by atoms with Crippen molar-refractivity contribution in [1.29, 1.82) is 0 Å². The normalized spacial score (nSPS) is 13.7. The number of rotatable bonds is 2. The maximum absolute atomic E-state index is 5.27. The maximum Gasteiger partial charge on any atom is 0.254 e. The first kappa shape index (κ1) is 9.16. The Morgan fingerprint density at radius 3 is 3.31 bits per heavy atom. The van der Waals surface area contributed by atoms with E-state index in [1.807, 2.05) is 0 Å². The van der Waals surface area contributed by atoms with Crippen LogP contribution in [-0.2, 0) is 12.8 Å². The molecule has 0 saturated heterocycles. The minimum absolute atomic E-state index is 0.491. The number of hydrogen-bond donors (Lipinski definition) is 1. The van der Waals surface area contributed by atoms with Crippen molar-refractivity contribution in [2.75, 3.05) is 11.9 Å². The van der Waals surface area contributed by atoms with E-state index in [4.69, 9.17) is 6.42 Å². The molecule has 80 valence electrons. The largest absolute Gasteiger partial charge is 0.359 e. The van der Waals surface area contributed by atoms with Gasteiger partial charge in [0.1, 0.15) is 12.1 Å². The number of hydrogen-bond acceptors (Lipinski definition) is 4. The zero-order valence-corrected chi connectivity index (χ0v) is 8.77. The van der Waals surface area contributed by atoms with E-state index in [2.05, 4.69) is 26.3 Å². The van der Waals surface area contributed by atoms with Crippen LogP contribution in [0.3, 0.4) is 0 Å². The summed E-state index contributed by atoms with van der Waals surface area (Å²) in [5.41, 5.74) is 2.35. The predicted octanol–water partition coefficient (Wildman–Crippen LogP) is 0.658. The molecule has 0 aromatic carbocycles. The standard InChI is InChI=1S/C11H11N5/c1-2-6-12-10-8-4-3-5-9(8)15-11-13-7-14-16(10)11/h1,7,12H,3-6H2. The monoisotopic (exact) mass is 213 g/mol. The number of terminal acetylenes is 1. The van der Waals surface area contributed by atoms with Crippen LogP contribution in [0.2, 0.25) is 0 Å². The average molecular weight is 213 g/mol. The summed E-state index contributed by atoms with van der Waals surface area (Å²) in [7, 11) is 0. The maximum atomic E-state index is 5.27. The van der Waals surface area contributed by atoms with Crippen LogP contribution >= 0.6 is 0 Å². The Labute approximate surface area is 92.9 Å². The van der Waals surface area contributed by atoms with Crippen LogP contribution in [-0.4, -0.2) is 26.1 Å². The Morgan fingerprint density at radius 2 is 2.44 bits per heavy atom. The molecule has 0 radical (unpaired) electrons. The highest BCUT2D eigenvalue weighted by atomic mass is 15.4. The molecule has 0 aliphatic heterocycles. The third-order valence-electron chi connectivity index (χ3n) is 2.81. The summed E-state index contributed by atoms with van der Waals surface area (Å²) in [5.74, 6) is 4.16. The summed E-state index contributed by atoms with van der Waals surface area (Å²) in [6.07, 6.45) is 9.97. The van der Waals surface area contributed by atoms with Gasteiger partial charge in [-0.25, -0.2) is 4.98 Å². The summed E-state index contributed by atoms with van der Waals surface area (Å²) in [6, 6.07) is 0. The average Bonchev–Trinajstić information content (AvgIpc) is 2.91. The quantitative estimate of drug-likeness (QED) is 0.744. The zero-order valence-electron chi connectivity index (χ0n) is 8.77. The lowest BCUT2D eigenvalue weighted by atomic mass is 10.2.